The summed E-state index contributed by atoms with van der Waals surface area (Å²) in [5.74, 6) is -2.28. The minimum absolute atomic E-state index is 0.0803. The van der Waals surface area contributed by atoms with Crippen molar-refractivity contribution in [2.45, 2.75) is 25.3 Å². The predicted octanol–water partition coefficient (Wildman–Crippen LogP) is -0.204. The molecule has 0 aliphatic rings. The number of Topliss-reactive ketones (excluding diaryl/α,β-unsaturated/α-hetero) is 1. The van der Waals surface area contributed by atoms with E-state index in [2.05, 4.69) is 19.5 Å². The van der Waals surface area contributed by atoms with E-state index in [9.17, 15) is 19.2 Å². The zero-order valence-corrected chi connectivity index (χ0v) is 11.1. The highest BCUT2D eigenvalue weighted by atomic mass is 16.5. The van der Waals surface area contributed by atoms with Gasteiger partial charge in [-0.3, -0.25) is 4.79 Å². The molecular weight excluding hydrogens is 258 g/mol. The molecule has 0 radical (unpaired) electrons. The standard InChI is InChI=1S/C11H17NO7/c1-17-9(14)7(12-11(16)19-3)5-4-6-8(13)10(15)18-2/h7H,4-6H2,1-3H3,(H,12,16). The van der Waals surface area contributed by atoms with Crippen LogP contribution in [-0.2, 0) is 28.6 Å². The van der Waals surface area contributed by atoms with Gasteiger partial charge >= 0.3 is 18.0 Å². The van der Waals surface area contributed by atoms with Crippen LogP contribution in [0.2, 0.25) is 0 Å². The molecule has 0 spiro atoms. The van der Waals surface area contributed by atoms with E-state index >= 15 is 0 Å². The third-order valence-corrected chi connectivity index (χ3v) is 2.27. The van der Waals surface area contributed by atoms with Crippen molar-refractivity contribution in [3.63, 3.8) is 0 Å². The lowest BCUT2D eigenvalue weighted by Gasteiger charge is -2.15. The van der Waals surface area contributed by atoms with Gasteiger partial charge in [0.05, 0.1) is 21.3 Å². The number of rotatable bonds is 7. The summed E-state index contributed by atoms with van der Waals surface area (Å²) in [6, 6.07) is -0.928. The number of carbonyl (C=O) groups excluding carboxylic acids is 4. The van der Waals surface area contributed by atoms with Gasteiger partial charge in [-0.25, -0.2) is 14.4 Å². The van der Waals surface area contributed by atoms with E-state index < -0.39 is 29.9 Å². The molecule has 108 valence electrons. The van der Waals surface area contributed by atoms with Crippen LogP contribution < -0.4 is 5.32 Å². The van der Waals surface area contributed by atoms with Gasteiger partial charge in [0, 0.05) is 6.42 Å². The number of amides is 1. The second kappa shape index (κ2) is 8.90. The van der Waals surface area contributed by atoms with Gasteiger partial charge < -0.3 is 19.5 Å². The average Bonchev–Trinajstić information content (AvgIpc) is 2.43. The maximum absolute atomic E-state index is 11.4. The first kappa shape index (κ1) is 16.9. The number of alkyl carbamates (subject to hydrolysis) is 1. The second-order valence-corrected chi connectivity index (χ2v) is 3.52. The van der Waals surface area contributed by atoms with Crippen molar-refractivity contribution in [1.29, 1.82) is 0 Å². The van der Waals surface area contributed by atoms with Crippen LogP contribution in [0.3, 0.4) is 0 Å². The molecule has 0 aliphatic carbocycles. The van der Waals surface area contributed by atoms with Gasteiger partial charge in [0.2, 0.25) is 5.78 Å². The van der Waals surface area contributed by atoms with Gasteiger partial charge in [-0.05, 0) is 12.8 Å². The molecule has 1 amide bonds. The summed E-state index contributed by atoms with van der Waals surface area (Å²) in [7, 11) is 3.44. The van der Waals surface area contributed by atoms with Crippen molar-refractivity contribution in [3.05, 3.63) is 0 Å². The van der Waals surface area contributed by atoms with E-state index in [1.807, 2.05) is 0 Å². The molecule has 0 aromatic heterocycles. The maximum atomic E-state index is 11.4. The molecular formula is C11H17NO7. The van der Waals surface area contributed by atoms with Crippen LogP contribution in [0, 0.1) is 0 Å². The molecule has 0 heterocycles. The molecule has 1 unspecified atom stereocenters. The number of esters is 2. The highest BCUT2D eigenvalue weighted by Gasteiger charge is 2.22. The fraction of sp³-hybridized carbons (Fsp3) is 0.636. The number of ether oxygens (including phenoxy) is 3. The predicted molar refractivity (Wildman–Crippen MR) is 62.2 cm³/mol. The van der Waals surface area contributed by atoms with E-state index in [0.29, 0.717) is 0 Å². The normalized spacial score (nSPS) is 11.1. The maximum Gasteiger partial charge on any atom is 0.407 e. The molecule has 0 bridgehead atoms. The van der Waals surface area contributed by atoms with Gasteiger partial charge in [0.25, 0.3) is 0 Å². The molecule has 0 aliphatic heterocycles. The highest BCUT2D eigenvalue weighted by Crippen LogP contribution is 2.04. The summed E-state index contributed by atoms with van der Waals surface area (Å²) in [6.45, 7) is 0. The van der Waals surface area contributed by atoms with Crippen LogP contribution in [0.15, 0.2) is 0 Å². The third-order valence-electron chi connectivity index (χ3n) is 2.27. The Bertz CT molecular complexity index is 353. The largest absolute Gasteiger partial charge is 0.467 e. The number of ketones is 1. The second-order valence-electron chi connectivity index (χ2n) is 3.52. The van der Waals surface area contributed by atoms with E-state index in [1.165, 1.54) is 7.11 Å². The Hall–Kier alpha value is -2.12. The molecule has 1 N–H and O–H groups in total. The fourth-order valence-electron chi connectivity index (χ4n) is 1.28. The van der Waals surface area contributed by atoms with E-state index in [-0.39, 0.29) is 19.3 Å². The Morgan fingerprint density at radius 1 is 1.00 bits per heavy atom. The fourth-order valence-corrected chi connectivity index (χ4v) is 1.28. The molecule has 19 heavy (non-hydrogen) atoms. The molecule has 8 heteroatoms. The van der Waals surface area contributed by atoms with Gasteiger partial charge in [-0.2, -0.15) is 0 Å². The average molecular weight is 275 g/mol. The zero-order valence-electron chi connectivity index (χ0n) is 11.1. The van der Waals surface area contributed by atoms with Crippen LogP contribution in [0.25, 0.3) is 0 Å². The number of hydrogen-bond acceptors (Lipinski definition) is 7. The minimum atomic E-state index is -0.935. The summed E-state index contributed by atoms with van der Waals surface area (Å²) in [5, 5.41) is 2.27. The van der Waals surface area contributed by atoms with Crippen molar-refractivity contribution in [3.8, 4) is 0 Å². The summed E-state index contributed by atoms with van der Waals surface area (Å²) in [4.78, 5) is 44.4. The van der Waals surface area contributed by atoms with E-state index in [4.69, 9.17) is 0 Å². The lowest BCUT2D eigenvalue weighted by molar-refractivity contribution is -0.151. The summed E-state index contributed by atoms with van der Waals surface area (Å²) in [6.07, 6.45) is -0.500. The van der Waals surface area contributed by atoms with Crippen LogP contribution in [0.4, 0.5) is 4.79 Å². The zero-order chi connectivity index (χ0) is 14.8. The van der Waals surface area contributed by atoms with Crippen molar-refractivity contribution in [2.75, 3.05) is 21.3 Å². The first-order valence-electron chi connectivity index (χ1n) is 5.49. The molecule has 0 saturated heterocycles. The smallest absolute Gasteiger partial charge is 0.407 e. The Morgan fingerprint density at radius 3 is 2.11 bits per heavy atom. The van der Waals surface area contributed by atoms with Crippen molar-refractivity contribution in [1.82, 2.24) is 5.32 Å². The lowest BCUT2D eigenvalue weighted by atomic mass is 10.1. The summed E-state index contributed by atoms with van der Waals surface area (Å²) < 4.78 is 13.1. The Morgan fingerprint density at radius 2 is 1.63 bits per heavy atom. The number of hydrogen-bond donors (Lipinski definition) is 1. The van der Waals surface area contributed by atoms with Crippen LogP contribution in [0.5, 0.6) is 0 Å². The molecule has 0 saturated carbocycles. The van der Waals surface area contributed by atoms with Crippen molar-refractivity contribution >= 4 is 23.8 Å². The van der Waals surface area contributed by atoms with E-state index in [0.717, 1.165) is 14.2 Å². The van der Waals surface area contributed by atoms with Crippen molar-refractivity contribution < 1.29 is 33.4 Å². The van der Waals surface area contributed by atoms with Crippen LogP contribution >= 0.6 is 0 Å². The molecule has 0 rings (SSSR count). The van der Waals surface area contributed by atoms with Crippen LogP contribution in [0.1, 0.15) is 19.3 Å². The number of nitrogens with one attached hydrogen (secondary N) is 1. The minimum Gasteiger partial charge on any atom is -0.467 e. The summed E-state index contributed by atoms with van der Waals surface area (Å²) in [5.41, 5.74) is 0. The van der Waals surface area contributed by atoms with Gasteiger partial charge in [0.15, 0.2) is 0 Å². The third kappa shape index (κ3) is 6.39. The van der Waals surface area contributed by atoms with Gasteiger partial charge in [0.1, 0.15) is 6.04 Å². The van der Waals surface area contributed by atoms with Gasteiger partial charge in [-0.1, -0.05) is 0 Å². The topological polar surface area (TPSA) is 108 Å². The first-order chi connectivity index (χ1) is 8.96. The first-order valence-corrected chi connectivity index (χ1v) is 5.49. The quantitative estimate of drug-likeness (QED) is 0.389. The van der Waals surface area contributed by atoms with Crippen LogP contribution in [-0.4, -0.2) is 51.2 Å². The SMILES string of the molecule is COC(=O)NC(CCCC(=O)C(=O)OC)C(=O)OC. The lowest BCUT2D eigenvalue weighted by Crippen LogP contribution is -2.41. The Balaban J connectivity index is 4.27. The molecule has 1 atom stereocenters. The molecule has 0 aromatic rings. The highest BCUT2D eigenvalue weighted by molar-refractivity contribution is 6.33. The number of carbonyl (C=O) groups is 4. The van der Waals surface area contributed by atoms with Gasteiger partial charge in [-0.15, -0.1) is 0 Å². The Kier molecular flexibility index (Phi) is 7.90. The monoisotopic (exact) mass is 275 g/mol. The molecule has 0 aromatic carbocycles. The Labute approximate surface area is 110 Å². The molecule has 8 nitrogen and oxygen atoms in total. The van der Waals surface area contributed by atoms with E-state index in [1.54, 1.807) is 0 Å². The summed E-state index contributed by atoms with van der Waals surface area (Å²) >= 11 is 0. The number of methoxy groups -OCH3 is 3. The molecule has 0 fully saturated rings. The van der Waals surface area contributed by atoms with Crippen molar-refractivity contribution in [2.24, 2.45) is 0 Å².